The molecule has 0 aromatic heterocycles. The monoisotopic (exact) mass is 226 g/mol. The number of hydrogen-bond acceptors (Lipinski definition) is 3. The third-order valence-electron chi connectivity index (χ3n) is 2.77. The first-order valence-electron chi connectivity index (χ1n) is 6.15. The minimum Gasteiger partial charge on any atom is -0.431 e. The second-order valence-electron chi connectivity index (χ2n) is 4.62. The van der Waals surface area contributed by atoms with Crippen LogP contribution in [0.5, 0.6) is 0 Å². The summed E-state index contributed by atoms with van der Waals surface area (Å²) in [5.41, 5.74) is 0. The third kappa shape index (κ3) is 4.25. The maximum absolute atomic E-state index is 11.2. The lowest BCUT2D eigenvalue weighted by Crippen LogP contribution is -2.36. The number of carbonyl (C=O) groups excluding carboxylic acids is 1. The molecule has 16 heavy (non-hydrogen) atoms. The Hall–Kier alpha value is -0.990. The molecule has 0 radical (unpaired) electrons. The van der Waals surface area contributed by atoms with E-state index in [9.17, 15) is 4.79 Å². The van der Waals surface area contributed by atoms with Crippen LogP contribution in [-0.2, 0) is 9.47 Å². The highest BCUT2D eigenvalue weighted by atomic mass is 16.7. The van der Waals surface area contributed by atoms with E-state index in [1.165, 1.54) is 0 Å². The lowest BCUT2D eigenvalue weighted by atomic mass is 9.98. The number of ether oxygens (including phenoxy) is 2. The molecule has 92 valence electrons. The quantitative estimate of drug-likeness (QED) is 0.530. The second kappa shape index (κ2) is 6.56. The van der Waals surface area contributed by atoms with Crippen molar-refractivity contribution in [2.24, 2.45) is 5.92 Å². The SMILES string of the molecule is CCC/C=C/CC1CC(C(C)C)OC(=O)O1. The highest BCUT2D eigenvalue weighted by molar-refractivity contribution is 5.61. The largest absolute Gasteiger partial charge is 0.508 e. The van der Waals surface area contributed by atoms with Crippen LogP contribution < -0.4 is 0 Å². The van der Waals surface area contributed by atoms with Crippen LogP contribution >= 0.6 is 0 Å². The summed E-state index contributed by atoms with van der Waals surface area (Å²) in [6.07, 6.45) is 7.57. The van der Waals surface area contributed by atoms with E-state index < -0.39 is 6.16 Å². The molecule has 0 spiro atoms. The number of allylic oxidation sites excluding steroid dienone is 1. The number of cyclic esters (lactones) is 2. The average Bonchev–Trinajstić information content (AvgIpc) is 2.23. The number of unbranched alkanes of at least 4 members (excludes halogenated alkanes) is 1. The topological polar surface area (TPSA) is 35.5 Å². The Bertz CT molecular complexity index is 246. The fourth-order valence-corrected chi connectivity index (χ4v) is 1.73. The van der Waals surface area contributed by atoms with Crippen molar-refractivity contribution in [3.63, 3.8) is 0 Å². The summed E-state index contributed by atoms with van der Waals surface area (Å²) >= 11 is 0. The van der Waals surface area contributed by atoms with Gasteiger partial charge in [0, 0.05) is 12.8 Å². The standard InChI is InChI=1S/C13H22O3/c1-4-5-6-7-8-11-9-12(10(2)3)16-13(14)15-11/h6-7,10-12H,4-5,8-9H2,1-3H3/b7-6+. The van der Waals surface area contributed by atoms with Crippen LogP contribution in [0.4, 0.5) is 4.79 Å². The van der Waals surface area contributed by atoms with E-state index in [0.717, 1.165) is 25.7 Å². The van der Waals surface area contributed by atoms with Gasteiger partial charge in [0.1, 0.15) is 12.2 Å². The average molecular weight is 226 g/mol. The van der Waals surface area contributed by atoms with E-state index in [1.54, 1.807) is 0 Å². The van der Waals surface area contributed by atoms with E-state index >= 15 is 0 Å². The normalized spacial score (nSPS) is 25.9. The molecular formula is C13H22O3. The molecule has 1 aliphatic rings. The summed E-state index contributed by atoms with van der Waals surface area (Å²) in [5, 5.41) is 0. The van der Waals surface area contributed by atoms with Crippen LogP contribution in [-0.4, -0.2) is 18.4 Å². The lowest BCUT2D eigenvalue weighted by molar-refractivity contribution is -0.0723. The highest BCUT2D eigenvalue weighted by Gasteiger charge is 2.30. The summed E-state index contributed by atoms with van der Waals surface area (Å²) < 4.78 is 10.3. The molecule has 3 nitrogen and oxygen atoms in total. The number of carbonyl (C=O) groups is 1. The zero-order valence-corrected chi connectivity index (χ0v) is 10.4. The first kappa shape index (κ1) is 13.1. The van der Waals surface area contributed by atoms with E-state index in [0.29, 0.717) is 5.92 Å². The summed E-state index contributed by atoms with van der Waals surface area (Å²) in [4.78, 5) is 11.2. The van der Waals surface area contributed by atoms with Gasteiger partial charge in [0.2, 0.25) is 0 Å². The van der Waals surface area contributed by atoms with E-state index in [4.69, 9.17) is 9.47 Å². The molecule has 0 N–H and O–H groups in total. The maximum atomic E-state index is 11.2. The van der Waals surface area contributed by atoms with Gasteiger partial charge in [-0.15, -0.1) is 0 Å². The first-order valence-corrected chi connectivity index (χ1v) is 6.15. The Morgan fingerprint density at radius 2 is 2.12 bits per heavy atom. The first-order chi connectivity index (χ1) is 7.63. The van der Waals surface area contributed by atoms with Crippen LogP contribution in [0.15, 0.2) is 12.2 Å². The van der Waals surface area contributed by atoms with Crippen molar-refractivity contribution in [3.8, 4) is 0 Å². The molecule has 0 saturated carbocycles. The Labute approximate surface area is 97.8 Å². The number of rotatable bonds is 5. The van der Waals surface area contributed by atoms with E-state index in [1.807, 2.05) is 0 Å². The zero-order valence-electron chi connectivity index (χ0n) is 10.4. The fourth-order valence-electron chi connectivity index (χ4n) is 1.73. The molecule has 2 unspecified atom stereocenters. The Morgan fingerprint density at radius 1 is 1.38 bits per heavy atom. The van der Waals surface area contributed by atoms with Gasteiger partial charge in [-0.2, -0.15) is 0 Å². The maximum Gasteiger partial charge on any atom is 0.508 e. The van der Waals surface area contributed by atoms with Gasteiger partial charge in [-0.05, 0) is 12.3 Å². The predicted octanol–water partition coefficient (Wildman–Crippen LogP) is 3.68. The van der Waals surface area contributed by atoms with Gasteiger partial charge in [-0.3, -0.25) is 0 Å². The van der Waals surface area contributed by atoms with Crippen molar-refractivity contribution >= 4 is 6.16 Å². The molecule has 0 aromatic rings. The summed E-state index contributed by atoms with van der Waals surface area (Å²) in [6.45, 7) is 6.27. The lowest BCUT2D eigenvalue weighted by Gasteiger charge is -2.30. The molecule has 2 atom stereocenters. The molecule has 0 aromatic carbocycles. The smallest absolute Gasteiger partial charge is 0.431 e. The molecule has 1 heterocycles. The van der Waals surface area contributed by atoms with Crippen molar-refractivity contribution < 1.29 is 14.3 Å². The highest BCUT2D eigenvalue weighted by Crippen LogP contribution is 2.23. The minimum absolute atomic E-state index is 0.00539. The predicted molar refractivity (Wildman–Crippen MR) is 63.3 cm³/mol. The molecule has 1 saturated heterocycles. The van der Waals surface area contributed by atoms with Crippen LogP contribution in [0.25, 0.3) is 0 Å². The summed E-state index contributed by atoms with van der Waals surface area (Å²) in [5.74, 6) is 0.356. The van der Waals surface area contributed by atoms with Crippen molar-refractivity contribution in [2.45, 2.75) is 58.7 Å². The van der Waals surface area contributed by atoms with Crippen molar-refractivity contribution in [1.29, 1.82) is 0 Å². The third-order valence-corrected chi connectivity index (χ3v) is 2.77. The fraction of sp³-hybridized carbons (Fsp3) is 0.769. The van der Waals surface area contributed by atoms with Crippen molar-refractivity contribution in [1.82, 2.24) is 0 Å². The molecular weight excluding hydrogens is 204 g/mol. The summed E-state index contributed by atoms with van der Waals surface area (Å²) in [6, 6.07) is 0. The zero-order chi connectivity index (χ0) is 12.0. The van der Waals surface area contributed by atoms with Gasteiger partial charge >= 0.3 is 6.16 Å². The molecule has 0 bridgehead atoms. The Balaban J connectivity index is 2.38. The molecule has 0 amide bonds. The molecule has 1 fully saturated rings. The van der Waals surface area contributed by atoms with Crippen LogP contribution in [0.3, 0.4) is 0 Å². The van der Waals surface area contributed by atoms with Crippen molar-refractivity contribution in [2.75, 3.05) is 0 Å². The van der Waals surface area contributed by atoms with Gasteiger partial charge in [-0.25, -0.2) is 4.79 Å². The Morgan fingerprint density at radius 3 is 2.75 bits per heavy atom. The molecule has 3 heteroatoms. The van der Waals surface area contributed by atoms with E-state index in [-0.39, 0.29) is 12.2 Å². The Kier molecular flexibility index (Phi) is 5.36. The van der Waals surface area contributed by atoms with Gasteiger partial charge in [0.15, 0.2) is 0 Å². The van der Waals surface area contributed by atoms with Crippen LogP contribution in [0, 0.1) is 5.92 Å². The van der Waals surface area contributed by atoms with Gasteiger partial charge in [-0.1, -0.05) is 39.3 Å². The van der Waals surface area contributed by atoms with Gasteiger partial charge < -0.3 is 9.47 Å². The van der Waals surface area contributed by atoms with Crippen LogP contribution in [0.1, 0.15) is 46.5 Å². The molecule has 1 rings (SSSR count). The van der Waals surface area contributed by atoms with Gasteiger partial charge in [0.25, 0.3) is 0 Å². The molecule has 0 aliphatic carbocycles. The van der Waals surface area contributed by atoms with Crippen molar-refractivity contribution in [3.05, 3.63) is 12.2 Å². The van der Waals surface area contributed by atoms with E-state index in [2.05, 4.69) is 32.9 Å². The molecule has 1 aliphatic heterocycles. The van der Waals surface area contributed by atoms with Crippen LogP contribution in [0.2, 0.25) is 0 Å². The number of hydrogen-bond donors (Lipinski definition) is 0. The second-order valence-corrected chi connectivity index (χ2v) is 4.62. The summed E-state index contributed by atoms with van der Waals surface area (Å²) in [7, 11) is 0. The van der Waals surface area contributed by atoms with Gasteiger partial charge in [0.05, 0.1) is 0 Å². The minimum atomic E-state index is -0.515.